The van der Waals surface area contributed by atoms with E-state index >= 15 is 0 Å². The van der Waals surface area contributed by atoms with Crippen LogP contribution in [0.1, 0.15) is 47.0 Å². The number of aliphatic hydroxyl groups excluding tert-OH is 1. The van der Waals surface area contributed by atoms with Crippen LogP contribution in [0.3, 0.4) is 0 Å². The molecule has 9 nitrogen and oxygen atoms in total. The van der Waals surface area contributed by atoms with E-state index in [9.17, 15) is 19.5 Å². The second kappa shape index (κ2) is 13.9. The molecule has 3 saturated heterocycles. The van der Waals surface area contributed by atoms with Gasteiger partial charge < -0.3 is 29.4 Å². The summed E-state index contributed by atoms with van der Waals surface area (Å²) in [6.45, 7) is 18.4. The molecule has 0 aliphatic carbocycles. The average Bonchev–Trinajstić information content (AvgIpc) is 3.60. The fourth-order valence-electron chi connectivity index (χ4n) is 7.40. The number of fused-ring (bicyclic) bond motifs is 1. The second-order valence-electron chi connectivity index (χ2n) is 11.7. The molecule has 2 bridgehead atoms. The fourth-order valence-corrected chi connectivity index (χ4v) is 8.34. The number of anilines is 2. The number of amides is 3. The van der Waals surface area contributed by atoms with Gasteiger partial charge >= 0.3 is 0 Å². The Morgan fingerprint density at radius 1 is 1.09 bits per heavy atom. The molecular weight excluding hydrogens is 612 g/mol. The van der Waals surface area contributed by atoms with E-state index < -0.39 is 35.6 Å². The number of hydrogen-bond acceptors (Lipinski definition) is 6. The van der Waals surface area contributed by atoms with Gasteiger partial charge in [-0.15, -0.1) is 13.2 Å². The lowest BCUT2D eigenvalue weighted by Gasteiger charge is -2.39. The van der Waals surface area contributed by atoms with Gasteiger partial charge in [0.2, 0.25) is 11.8 Å². The number of hydrogen-bond donors (Lipinski definition) is 1. The minimum atomic E-state index is -1.21. The van der Waals surface area contributed by atoms with Crippen LogP contribution in [-0.2, 0) is 19.1 Å². The van der Waals surface area contributed by atoms with Crippen LogP contribution in [0.5, 0.6) is 0 Å². The Kier molecular flexibility index (Phi) is 10.8. The molecule has 1 aromatic carbocycles. The Hall–Kier alpha value is -2.69. The summed E-state index contributed by atoms with van der Waals surface area (Å²) in [5.41, 5.74) is 0.531. The van der Waals surface area contributed by atoms with Gasteiger partial charge in [-0.2, -0.15) is 0 Å². The Balaban J connectivity index is 1.80. The van der Waals surface area contributed by atoms with Crippen molar-refractivity contribution >= 4 is 45.0 Å². The molecule has 10 heteroatoms. The highest BCUT2D eigenvalue weighted by atomic mass is 79.9. The summed E-state index contributed by atoms with van der Waals surface area (Å²) in [5, 5.41) is 10.4. The van der Waals surface area contributed by atoms with Gasteiger partial charge in [-0.05, 0) is 57.4 Å². The highest BCUT2D eigenvalue weighted by Crippen LogP contribution is 2.61. The maximum Gasteiger partial charge on any atom is 0.253 e. The molecule has 3 aliphatic heterocycles. The number of halogens is 1. The third-order valence-corrected chi connectivity index (χ3v) is 10.2. The van der Waals surface area contributed by atoms with Gasteiger partial charge in [0, 0.05) is 48.9 Å². The van der Waals surface area contributed by atoms with Crippen LogP contribution in [0.2, 0.25) is 0 Å². The van der Waals surface area contributed by atoms with E-state index in [-0.39, 0.29) is 35.7 Å². The third-order valence-electron chi connectivity index (χ3n) is 9.34. The van der Waals surface area contributed by atoms with Gasteiger partial charge in [0.15, 0.2) is 0 Å². The molecule has 3 heterocycles. The maximum absolute atomic E-state index is 14.8. The predicted molar refractivity (Wildman–Crippen MR) is 173 cm³/mol. The Morgan fingerprint density at radius 2 is 1.72 bits per heavy atom. The number of aliphatic hydroxyl groups is 1. The number of likely N-dealkylation sites (tertiary alicyclic amines) is 1. The normalized spacial score (nSPS) is 28.0. The van der Waals surface area contributed by atoms with Crippen molar-refractivity contribution in [3.8, 4) is 0 Å². The standard InChI is InChI=1S/C33H47BrN4O5/c1-7-17-36(18-8-2)30(40)26-27-31(41)38(22(10-4)21-39)29(33(27)20-25(34)28(26)43-33)32(42)37(19-9-3)24-15-13-23(14-16-24)35(11-5)12-6/h7,9,13-16,22,25-29,39H,1,3,8,10-12,17-21H2,2,4-6H3/t22-,25?,26+,27-,28+,29?,33?/m0/s1. The van der Waals surface area contributed by atoms with Crippen molar-refractivity contribution < 1.29 is 24.2 Å². The third kappa shape index (κ3) is 5.66. The maximum atomic E-state index is 14.8. The number of ether oxygens (including phenoxy) is 1. The average molecular weight is 660 g/mol. The molecular formula is C33H47BrN4O5. The molecule has 4 rings (SSSR count). The summed E-state index contributed by atoms with van der Waals surface area (Å²) in [5.74, 6) is -2.33. The van der Waals surface area contributed by atoms with Crippen molar-refractivity contribution in [3.05, 3.63) is 49.6 Å². The van der Waals surface area contributed by atoms with Crippen LogP contribution in [0.25, 0.3) is 0 Å². The number of rotatable bonds is 15. The Morgan fingerprint density at radius 3 is 2.26 bits per heavy atom. The Bertz CT molecular complexity index is 1190. The van der Waals surface area contributed by atoms with E-state index in [1.807, 2.05) is 38.1 Å². The number of benzene rings is 1. The van der Waals surface area contributed by atoms with Crippen LogP contribution in [-0.4, -0.2) is 101 Å². The minimum Gasteiger partial charge on any atom is -0.394 e. The molecule has 0 radical (unpaired) electrons. The van der Waals surface area contributed by atoms with Crippen molar-refractivity contribution in [3.63, 3.8) is 0 Å². The summed E-state index contributed by atoms with van der Waals surface area (Å²) in [6.07, 6.45) is 4.44. The Labute approximate surface area is 264 Å². The molecule has 43 heavy (non-hydrogen) atoms. The summed E-state index contributed by atoms with van der Waals surface area (Å²) < 4.78 is 6.71. The molecule has 1 N–H and O–H groups in total. The van der Waals surface area contributed by atoms with Crippen molar-refractivity contribution in [2.45, 2.75) is 75.6 Å². The zero-order valence-electron chi connectivity index (χ0n) is 26.0. The lowest BCUT2D eigenvalue weighted by molar-refractivity contribution is -0.147. The first-order valence-corrected chi connectivity index (χ1v) is 16.5. The molecule has 1 aromatic rings. The van der Waals surface area contributed by atoms with Crippen LogP contribution < -0.4 is 9.80 Å². The first-order valence-electron chi connectivity index (χ1n) is 15.6. The number of carbonyl (C=O) groups is 3. The van der Waals surface area contributed by atoms with Gasteiger partial charge in [0.1, 0.15) is 11.6 Å². The topological polar surface area (TPSA) is 93.6 Å². The van der Waals surface area contributed by atoms with E-state index in [1.165, 1.54) is 4.90 Å². The summed E-state index contributed by atoms with van der Waals surface area (Å²) >= 11 is 3.76. The summed E-state index contributed by atoms with van der Waals surface area (Å²) in [7, 11) is 0. The minimum absolute atomic E-state index is 0.156. The van der Waals surface area contributed by atoms with E-state index in [0.717, 1.165) is 25.2 Å². The van der Waals surface area contributed by atoms with Crippen molar-refractivity contribution in [1.82, 2.24) is 9.80 Å². The van der Waals surface area contributed by atoms with E-state index in [4.69, 9.17) is 4.74 Å². The first-order chi connectivity index (χ1) is 20.7. The van der Waals surface area contributed by atoms with Crippen LogP contribution in [0.15, 0.2) is 49.6 Å². The fraction of sp³-hybridized carbons (Fsp3) is 0.606. The van der Waals surface area contributed by atoms with E-state index in [2.05, 4.69) is 47.8 Å². The van der Waals surface area contributed by atoms with Gasteiger partial charge in [-0.25, -0.2) is 0 Å². The molecule has 7 atom stereocenters. The zero-order valence-corrected chi connectivity index (χ0v) is 27.5. The lowest BCUT2D eigenvalue weighted by atomic mass is 9.70. The molecule has 3 fully saturated rings. The van der Waals surface area contributed by atoms with Crippen LogP contribution in [0, 0.1) is 11.8 Å². The molecule has 0 aromatic heterocycles. The first kappa shape index (κ1) is 33.2. The number of alkyl halides is 1. The van der Waals surface area contributed by atoms with Gasteiger partial charge in [-0.1, -0.05) is 41.9 Å². The highest BCUT2D eigenvalue weighted by molar-refractivity contribution is 9.09. The van der Waals surface area contributed by atoms with Crippen molar-refractivity contribution in [2.75, 3.05) is 49.1 Å². The second-order valence-corrected chi connectivity index (χ2v) is 12.8. The monoisotopic (exact) mass is 658 g/mol. The van der Waals surface area contributed by atoms with E-state index in [0.29, 0.717) is 31.6 Å². The summed E-state index contributed by atoms with van der Waals surface area (Å²) in [4.78, 5) is 50.2. The predicted octanol–water partition coefficient (Wildman–Crippen LogP) is 4.00. The number of nitrogens with zero attached hydrogens (tertiary/aromatic N) is 4. The van der Waals surface area contributed by atoms with Crippen molar-refractivity contribution in [2.24, 2.45) is 11.8 Å². The quantitative estimate of drug-likeness (QED) is 0.226. The molecule has 0 saturated carbocycles. The SMILES string of the molecule is C=CCN(CCC)C(=O)[C@H]1[C@@H]2OC3(CC2Br)C(C(=O)N(CC=C)c2ccc(N(CC)CC)cc2)N([C@@H](CC)CO)C(=O)[C@H]13. The van der Waals surface area contributed by atoms with Gasteiger partial charge in [0.25, 0.3) is 5.91 Å². The molecule has 3 aliphatic rings. The smallest absolute Gasteiger partial charge is 0.253 e. The van der Waals surface area contributed by atoms with Crippen LogP contribution in [0.4, 0.5) is 11.4 Å². The number of carbonyl (C=O) groups excluding carboxylic acids is 3. The van der Waals surface area contributed by atoms with Crippen LogP contribution >= 0.6 is 15.9 Å². The molecule has 1 spiro atoms. The van der Waals surface area contributed by atoms with Gasteiger partial charge in [0.05, 0.1) is 30.6 Å². The highest BCUT2D eigenvalue weighted by Gasteiger charge is 2.77. The largest absolute Gasteiger partial charge is 0.394 e. The van der Waals surface area contributed by atoms with Gasteiger partial charge in [-0.3, -0.25) is 14.4 Å². The molecule has 3 amide bonds. The molecule has 3 unspecified atom stereocenters. The van der Waals surface area contributed by atoms with E-state index in [1.54, 1.807) is 22.0 Å². The van der Waals surface area contributed by atoms with Crippen molar-refractivity contribution in [1.29, 1.82) is 0 Å². The lowest BCUT2D eigenvalue weighted by Crippen LogP contribution is -2.59. The summed E-state index contributed by atoms with van der Waals surface area (Å²) in [6, 6.07) is 6.22. The molecule has 236 valence electrons. The zero-order chi connectivity index (χ0) is 31.5.